The fourth-order valence-corrected chi connectivity index (χ4v) is 3.87. The lowest BCUT2D eigenvalue weighted by atomic mass is 10.00. The van der Waals surface area contributed by atoms with Gasteiger partial charge in [-0.25, -0.2) is 5.43 Å². The van der Waals surface area contributed by atoms with Crippen LogP contribution in [0.4, 0.5) is 0 Å². The largest absolute Gasteiger partial charge is 0.358 e. The summed E-state index contributed by atoms with van der Waals surface area (Å²) in [5, 5.41) is 4.18. The van der Waals surface area contributed by atoms with Crippen LogP contribution in [-0.4, -0.2) is 61.1 Å². The highest BCUT2D eigenvalue weighted by Gasteiger charge is 2.27. The zero-order valence-electron chi connectivity index (χ0n) is 18.5. The van der Waals surface area contributed by atoms with Crippen molar-refractivity contribution in [3.05, 3.63) is 65.4 Å². The van der Waals surface area contributed by atoms with Gasteiger partial charge in [-0.3, -0.25) is 24.7 Å². The molecule has 1 aliphatic rings. The molecule has 3 aromatic heterocycles. The van der Waals surface area contributed by atoms with E-state index in [1.54, 1.807) is 37.2 Å². The molecule has 32 heavy (non-hydrogen) atoms. The molecule has 0 aromatic carbocycles. The molecule has 3 aromatic rings. The molecule has 0 spiro atoms. The Hall–Kier alpha value is -3.72. The van der Waals surface area contributed by atoms with Crippen molar-refractivity contribution in [1.29, 1.82) is 0 Å². The first-order valence-corrected chi connectivity index (χ1v) is 10.7. The van der Waals surface area contributed by atoms with E-state index in [4.69, 9.17) is 0 Å². The smallest absolute Gasteiger partial charge is 0.273 e. The second kappa shape index (κ2) is 9.61. The first kappa shape index (κ1) is 21.5. The maximum Gasteiger partial charge on any atom is 0.273 e. The van der Waals surface area contributed by atoms with Gasteiger partial charge in [-0.2, -0.15) is 5.10 Å². The average molecular weight is 431 g/mol. The molecule has 4 heterocycles. The van der Waals surface area contributed by atoms with Gasteiger partial charge in [0.2, 0.25) is 0 Å². The zero-order chi connectivity index (χ0) is 22.5. The quantitative estimate of drug-likeness (QED) is 0.531. The van der Waals surface area contributed by atoms with Crippen LogP contribution in [-0.2, 0) is 11.2 Å². The third-order valence-corrected chi connectivity index (χ3v) is 5.60. The Morgan fingerprint density at radius 2 is 1.69 bits per heavy atom. The second-order valence-electron chi connectivity index (χ2n) is 7.43. The number of amides is 1. The maximum atomic E-state index is 12.6. The summed E-state index contributed by atoms with van der Waals surface area (Å²) in [4.78, 5) is 35.6. The van der Waals surface area contributed by atoms with Crippen LogP contribution in [0, 0.1) is 6.92 Å². The van der Waals surface area contributed by atoms with Crippen LogP contribution in [0.5, 0.6) is 0 Å². The molecular formula is C23H26N8O. The minimum Gasteiger partial charge on any atom is -0.358 e. The summed E-state index contributed by atoms with van der Waals surface area (Å²) in [6, 6.07) is 0. The van der Waals surface area contributed by atoms with Gasteiger partial charge in [0.25, 0.3) is 5.91 Å². The minimum absolute atomic E-state index is 0.285. The van der Waals surface area contributed by atoms with Crippen molar-refractivity contribution in [1.82, 2.24) is 35.2 Å². The average Bonchev–Trinajstić information content (AvgIpc) is 3.35. The van der Waals surface area contributed by atoms with Gasteiger partial charge in [0.15, 0.2) is 0 Å². The third kappa shape index (κ3) is 4.33. The highest BCUT2D eigenvalue weighted by molar-refractivity contribution is 6.32. The molecule has 0 saturated carbocycles. The minimum atomic E-state index is -0.285. The lowest BCUT2D eigenvalue weighted by Crippen LogP contribution is -2.25. The van der Waals surface area contributed by atoms with Crippen molar-refractivity contribution < 1.29 is 4.79 Å². The maximum absolute atomic E-state index is 12.6. The first-order valence-electron chi connectivity index (χ1n) is 10.7. The van der Waals surface area contributed by atoms with E-state index in [1.807, 2.05) is 13.0 Å². The van der Waals surface area contributed by atoms with Crippen molar-refractivity contribution in [2.45, 2.75) is 27.2 Å². The van der Waals surface area contributed by atoms with E-state index in [0.717, 1.165) is 48.7 Å². The van der Waals surface area contributed by atoms with Crippen molar-refractivity contribution in [2.75, 3.05) is 19.6 Å². The van der Waals surface area contributed by atoms with Gasteiger partial charge in [0, 0.05) is 48.3 Å². The van der Waals surface area contributed by atoms with Crippen LogP contribution in [0.2, 0.25) is 0 Å². The van der Waals surface area contributed by atoms with Gasteiger partial charge in [-0.15, -0.1) is 0 Å². The van der Waals surface area contributed by atoms with Gasteiger partial charge in [-0.05, 0) is 38.1 Å². The third-order valence-electron chi connectivity index (χ3n) is 5.60. The van der Waals surface area contributed by atoms with Gasteiger partial charge >= 0.3 is 0 Å². The Kier molecular flexibility index (Phi) is 6.46. The lowest BCUT2D eigenvalue weighted by Gasteiger charge is -2.18. The Morgan fingerprint density at radius 3 is 2.31 bits per heavy atom. The van der Waals surface area contributed by atoms with Crippen LogP contribution >= 0.6 is 0 Å². The summed E-state index contributed by atoms with van der Waals surface area (Å²) in [6.07, 6.45) is 12.5. The molecular weight excluding hydrogens is 404 g/mol. The zero-order valence-corrected chi connectivity index (χ0v) is 18.5. The fraction of sp³-hybridized carbons (Fsp3) is 0.304. The van der Waals surface area contributed by atoms with Crippen molar-refractivity contribution >= 4 is 17.7 Å². The number of nitrogens with zero attached hydrogens (tertiary/aromatic N) is 6. The van der Waals surface area contributed by atoms with Gasteiger partial charge < -0.3 is 9.88 Å². The molecule has 9 nitrogen and oxygen atoms in total. The highest BCUT2D eigenvalue weighted by atomic mass is 16.2. The summed E-state index contributed by atoms with van der Waals surface area (Å²) in [6.45, 7) is 9.30. The van der Waals surface area contributed by atoms with E-state index in [0.29, 0.717) is 17.0 Å². The number of hydrazone groups is 1. The summed E-state index contributed by atoms with van der Waals surface area (Å²) >= 11 is 0. The van der Waals surface area contributed by atoms with Gasteiger partial charge in [-0.1, -0.05) is 13.8 Å². The summed E-state index contributed by atoms with van der Waals surface area (Å²) in [5.41, 5.74) is 8.67. The normalized spacial score (nSPS) is 14.8. The number of hydrogen-bond donors (Lipinski definition) is 2. The number of nitrogens with one attached hydrogen (secondary N) is 2. The molecule has 164 valence electrons. The molecule has 2 N–H and O–H groups in total. The standard InChI is InChI=1S/C23H26N8O/c1-4-31(5-2)11-6-16-15(3)28-18(21(16)19-13-24-7-9-26-19)12-17-22(29-30-23(17)32)20-14-25-8-10-27-20/h7-10,12-14,28H,4-6,11H2,1-3H3,(H,30,32). The number of carbonyl (C=O) groups is 1. The molecule has 0 radical (unpaired) electrons. The first-order chi connectivity index (χ1) is 15.6. The Balaban J connectivity index is 1.79. The molecule has 0 saturated heterocycles. The predicted octanol–water partition coefficient (Wildman–Crippen LogP) is 2.37. The highest BCUT2D eigenvalue weighted by Crippen LogP contribution is 2.31. The summed E-state index contributed by atoms with van der Waals surface area (Å²) < 4.78 is 0. The molecule has 1 amide bonds. The lowest BCUT2D eigenvalue weighted by molar-refractivity contribution is -0.116. The molecule has 0 fully saturated rings. The summed E-state index contributed by atoms with van der Waals surface area (Å²) in [5.74, 6) is -0.285. The van der Waals surface area contributed by atoms with Crippen LogP contribution in [0.1, 0.15) is 36.5 Å². The monoisotopic (exact) mass is 430 g/mol. The van der Waals surface area contributed by atoms with E-state index in [9.17, 15) is 4.79 Å². The van der Waals surface area contributed by atoms with Crippen molar-refractivity contribution in [2.24, 2.45) is 5.10 Å². The van der Waals surface area contributed by atoms with Gasteiger partial charge in [0.1, 0.15) is 11.4 Å². The molecule has 0 aliphatic carbocycles. The van der Waals surface area contributed by atoms with E-state index < -0.39 is 0 Å². The summed E-state index contributed by atoms with van der Waals surface area (Å²) in [7, 11) is 0. The predicted molar refractivity (Wildman–Crippen MR) is 123 cm³/mol. The molecule has 1 aliphatic heterocycles. The van der Waals surface area contributed by atoms with Crippen LogP contribution in [0.25, 0.3) is 17.3 Å². The van der Waals surface area contributed by atoms with E-state index in [-0.39, 0.29) is 5.91 Å². The SMILES string of the molecule is CCN(CC)CCc1c(C)[nH]c(C=C2C(=O)NN=C2c2cnccn2)c1-c1cnccn1. The fourth-order valence-electron chi connectivity index (χ4n) is 3.87. The molecule has 4 rings (SSSR count). The van der Waals surface area contributed by atoms with Gasteiger partial charge in [0.05, 0.1) is 23.7 Å². The molecule has 9 heteroatoms. The Bertz CT molecular complexity index is 1150. The number of aryl methyl sites for hydroxylation is 1. The van der Waals surface area contributed by atoms with Crippen molar-refractivity contribution in [3.8, 4) is 11.3 Å². The van der Waals surface area contributed by atoms with Crippen LogP contribution < -0.4 is 5.43 Å². The number of rotatable bonds is 8. The molecule has 0 unspecified atom stereocenters. The second-order valence-corrected chi connectivity index (χ2v) is 7.43. The molecule has 0 bridgehead atoms. The Labute approximate surface area is 186 Å². The number of aromatic amines is 1. The number of aromatic nitrogens is 5. The Morgan fingerprint density at radius 1 is 1.00 bits per heavy atom. The van der Waals surface area contributed by atoms with Crippen molar-refractivity contribution in [3.63, 3.8) is 0 Å². The number of H-pyrrole nitrogens is 1. The topological polar surface area (TPSA) is 112 Å². The van der Waals surface area contributed by atoms with E-state index in [1.165, 1.54) is 5.56 Å². The van der Waals surface area contributed by atoms with E-state index >= 15 is 0 Å². The number of carbonyl (C=O) groups excluding carboxylic acids is 1. The molecule has 0 atom stereocenters. The van der Waals surface area contributed by atoms with Crippen LogP contribution in [0.15, 0.2) is 47.9 Å². The van der Waals surface area contributed by atoms with E-state index in [2.05, 4.69) is 54.2 Å². The number of likely N-dealkylation sites (N-methyl/N-ethyl adjacent to an activating group) is 1. The van der Waals surface area contributed by atoms with Crippen LogP contribution in [0.3, 0.4) is 0 Å². The number of hydrogen-bond acceptors (Lipinski definition) is 7.